The van der Waals surface area contributed by atoms with Crippen LogP contribution in [0.1, 0.15) is 43.0 Å². The number of nitrogens with two attached hydrogens (primary N) is 1. The number of nitrogens with zero attached hydrogens (tertiary/aromatic N) is 1. The van der Waals surface area contributed by atoms with Crippen LogP contribution in [0, 0.1) is 5.92 Å². The third-order valence-electron chi connectivity index (χ3n) is 4.21. The Kier molecular flexibility index (Phi) is 4.88. The monoisotopic (exact) mass is 276 g/mol. The molecule has 0 spiro atoms. The average Bonchev–Trinajstić information content (AvgIpc) is 2.71. The van der Waals surface area contributed by atoms with Gasteiger partial charge in [-0.1, -0.05) is 19.4 Å². The number of hydrogen-bond donors (Lipinski definition) is 1. The first kappa shape index (κ1) is 14.7. The van der Waals surface area contributed by atoms with Crippen LogP contribution in [0.2, 0.25) is 0 Å². The molecular formula is C16H24N2O2. The fourth-order valence-electron chi connectivity index (χ4n) is 2.99. The van der Waals surface area contributed by atoms with E-state index >= 15 is 0 Å². The van der Waals surface area contributed by atoms with Gasteiger partial charge in [-0.2, -0.15) is 0 Å². The Bertz CT molecular complexity index is 474. The molecule has 1 fully saturated rings. The van der Waals surface area contributed by atoms with Crippen LogP contribution in [0.25, 0.3) is 0 Å². The maximum Gasteiger partial charge on any atom is 0.340 e. The molecule has 1 aliphatic heterocycles. The van der Waals surface area contributed by atoms with E-state index in [9.17, 15) is 4.79 Å². The van der Waals surface area contributed by atoms with Crippen molar-refractivity contribution in [1.82, 2.24) is 0 Å². The van der Waals surface area contributed by atoms with Crippen LogP contribution >= 0.6 is 0 Å². The molecule has 0 saturated carbocycles. The predicted octanol–water partition coefficient (Wildman–Crippen LogP) is 3.07. The Hall–Kier alpha value is -1.71. The Morgan fingerprint density at radius 3 is 2.90 bits per heavy atom. The number of rotatable bonds is 3. The molecule has 0 bridgehead atoms. The molecule has 0 radical (unpaired) electrons. The van der Waals surface area contributed by atoms with E-state index in [0.29, 0.717) is 11.3 Å². The summed E-state index contributed by atoms with van der Waals surface area (Å²) in [6.07, 6.45) is 4.79. The fourth-order valence-corrected chi connectivity index (χ4v) is 2.99. The van der Waals surface area contributed by atoms with Crippen LogP contribution in [0.5, 0.6) is 0 Å². The predicted molar refractivity (Wildman–Crippen MR) is 82.0 cm³/mol. The van der Waals surface area contributed by atoms with E-state index in [0.717, 1.165) is 37.5 Å². The van der Waals surface area contributed by atoms with Crippen LogP contribution in [0.4, 0.5) is 11.4 Å². The maximum atomic E-state index is 11.9. The van der Waals surface area contributed by atoms with Gasteiger partial charge in [0.05, 0.1) is 24.0 Å². The van der Waals surface area contributed by atoms with Gasteiger partial charge in [0, 0.05) is 13.1 Å². The van der Waals surface area contributed by atoms with Crippen molar-refractivity contribution in [3.63, 3.8) is 0 Å². The van der Waals surface area contributed by atoms with Gasteiger partial charge in [0.15, 0.2) is 0 Å². The third-order valence-corrected chi connectivity index (χ3v) is 4.21. The van der Waals surface area contributed by atoms with Crippen molar-refractivity contribution < 1.29 is 9.53 Å². The second-order valence-electron chi connectivity index (χ2n) is 5.43. The van der Waals surface area contributed by atoms with Gasteiger partial charge in [-0.05, 0) is 37.3 Å². The number of methoxy groups -OCH3 is 1. The zero-order valence-electron chi connectivity index (χ0n) is 12.4. The number of hydrogen-bond acceptors (Lipinski definition) is 4. The van der Waals surface area contributed by atoms with E-state index < -0.39 is 0 Å². The minimum atomic E-state index is -0.316. The lowest BCUT2D eigenvalue weighted by atomic mass is 9.98. The second kappa shape index (κ2) is 6.64. The fraction of sp³-hybridized carbons (Fsp3) is 0.562. The van der Waals surface area contributed by atoms with Gasteiger partial charge < -0.3 is 15.4 Å². The van der Waals surface area contributed by atoms with Crippen LogP contribution in [-0.2, 0) is 4.74 Å². The number of esters is 1. The highest BCUT2D eigenvalue weighted by molar-refractivity contribution is 5.99. The minimum absolute atomic E-state index is 0.316. The first-order valence-corrected chi connectivity index (χ1v) is 7.39. The topological polar surface area (TPSA) is 55.6 Å². The van der Waals surface area contributed by atoms with Gasteiger partial charge in [-0.15, -0.1) is 0 Å². The van der Waals surface area contributed by atoms with Crippen molar-refractivity contribution in [3.8, 4) is 0 Å². The molecule has 1 unspecified atom stereocenters. The van der Waals surface area contributed by atoms with Crippen molar-refractivity contribution in [2.45, 2.75) is 32.6 Å². The van der Waals surface area contributed by atoms with Crippen LogP contribution in [0.15, 0.2) is 18.2 Å². The van der Waals surface area contributed by atoms with Gasteiger partial charge in [-0.25, -0.2) is 4.79 Å². The van der Waals surface area contributed by atoms with Gasteiger partial charge in [0.2, 0.25) is 0 Å². The number of carbonyl (C=O) groups is 1. The summed E-state index contributed by atoms with van der Waals surface area (Å²) in [5, 5.41) is 0. The lowest BCUT2D eigenvalue weighted by Gasteiger charge is -2.26. The van der Waals surface area contributed by atoms with E-state index in [2.05, 4.69) is 11.8 Å². The van der Waals surface area contributed by atoms with Crippen molar-refractivity contribution in [2.75, 3.05) is 30.8 Å². The lowest BCUT2D eigenvalue weighted by molar-refractivity contribution is 0.0601. The molecule has 4 heteroatoms. The highest BCUT2D eigenvalue weighted by Crippen LogP contribution is 2.32. The van der Waals surface area contributed by atoms with E-state index in [1.54, 1.807) is 12.1 Å². The average molecular weight is 276 g/mol. The van der Waals surface area contributed by atoms with E-state index in [-0.39, 0.29) is 5.97 Å². The molecule has 1 heterocycles. The summed E-state index contributed by atoms with van der Waals surface area (Å²) in [4.78, 5) is 14.2. The molecular weight excluding hydrogens is 252 g/mol. The first-order valence-electron chi connectivity index (χ1n) is 7.39. The second-order valence-corrected chi connectivity index (χ2v) is 5.43. The Morgan fingerprint density at radius 1 is 1.40 bits per heavy atom. The highest BCUT2D eigenvalue weighted by atomic mass is 16.5. The maximum absolute atomic E-state index is 11.9. The number of para-hydroxylation sites is 1. The summed E-state index contributed by atoms with van der Waals surface area (Å²) in [6.45, 7) is 4.16. The number of ether oxygens (including phenoxy) is 1. The zero-order valence-corrected chi connectivity index (χ0v) is 12.4. The first-order chi connectivity index (χ1) is 9.67. The van der Waals surface area contributed by atoms with E-state index in [4.69, 9.17) is 10.5 Å². The van der Waals surface area contributed by atoms with E-state index in [1.807, 2.05) is 6.07 Å². The van der Waals surface area contributed by atoms with Crippen molar-refractivity contribution >= 4 is 17.3 Å². The zero-order chi connectivity index (χ0) is 14.5. The van der Waals surface area contributed by atoms with Gasteiger partial charge in [0.1, 0.15) is 0 Å². The number of anilines is 2. The normalized spacial score (nSPS) is 19.5. The van der Waals surface area contributed by atoms with Crippen LogP contribution in [0.3, 0.4) is 0 Å². The molecule has 1 aliphatic rings. The van der Waals surface area contributed by atoms with Gasteiger partial charge >= 0.3 is 5.97 Å². The third kappa shape index (κ3) is 3.06. The van der Waals surface area contributed by atoms with Crippen molar-refractivity contribution in [3.05, 3.63) is 23.8 Å². The molecule has 4 nitrogen and oxygen atoms in total. The molecule has 20 heavy (non-hydrogen) atoms. The molecule has 1 atom stereocenters. The summed E-state index contributed by atoms with van der Waals surface area (Å²) >= 11 is 0. The SMILES string of the molecule is CCC1CCCN(c2c(N)cccc2C(=O)OC)CC1. The molecule has 0 aliphatic carbocycles. The van der Waals surface area contributed by atoms with Crippen LogP contribution < -0.4 is 10.6 Å². The standard InChI is InChI=1S/C16H24N2O2/c1-3-12-6-5-10-18(11-9-12)15-13(16(19)20-2)7-4-8-14(15)17/h4,7-8,12H,3,5-6,9-11,17H2,1-2H3. The van der Waals surface area contributed by atoms with Gasteiger partial charge in [0.25, 0.3) is 0 Å². The molecule has 2 N–H and O–H groups in total. The van der Waals surface area contributed by atoms with E-state index in [1.165, 1.54) is 20.0 Å². The number of carbonyl (C=O) groups excluding carboxylic acids is 1. The minimum Gasteiger partial charge on any atom is -0.465 e. The lowest BCUT2D eigenvalue weighted by Crippen LogP contribution is -2.27. The number of benzene rings is 1. The largest absolute Gasteiger partial charge is 0.465 e. The molecule has 110 valence electrons. The molecule has 1 aromatic carbocycles. The number of nitrogen functional groups attached to an aromatic ring is 1. The summed E-state index contributed by atoms with van der Waals surface area (Å²) in [7, 11) is 1.41. The quantitative estimate of drug-likeness (QED) is 0.681. The summed E-state index contributed by atoms with van der Waals surface area (Å²) in [5.74, 6) is 0.468. The smallest absolute Gasteiger partial charge is 0.340 e. The Balaban J connectivity index is 2.29. The van der Waals surface area contributed by atoms with Gasteiger partial charge in [-0.3, -0.25) is 0 Å². The summed E-state index contributed by atoms with van der Waals surface area (Å²) in [5.41, 5.74) is 8.18. The highest BCUT2D eigenvalue weighted by Gasteiger charge is 2.22. The Labute approximate surface area is 120 Å². The molecule has 0 aromatic heterocycles. The summed E-state index contributed by atoms with van der Waals surface area (Å²) in [6, 6.07) is 5.45. The van der Waals surface area contributed by atoms with Crippen molar-refractivity contribution in [2.24, 2.45) is 5.92 Å². The molecule has 0 amide bonds. The molecule has 1 aromatic rings. The molecule has 2 rings (SSSR count). The molecule has 1 saturated heterocycles. The van der Waals surface area contributed by atoms with Crippen molar-refractivity contribution in [1.29, 1.82) is 0 Å². The Morgan fingerprint density at radius 2 is 2.20 bits per heavy atom. The summed E-state index contributed by atoms with van der Waals surface area (Å²) < 4.78 is 4.88. The van der Waals surface area contributed by atoms with Crippen LogP contribution in [-0.4, -0.2) is 26.2 Å².